The molecule has 0 aliphatic carbocycles. The minimum absolute atomic E-state index is 0.142. The smallest absolute Gasteiger partial charge is 0.242 e. The fourth-order valence-electron chi connectivity index (χ4n) is 3.95. The molecule has 1 amide bonds. The molecule has 6 nitrogen and oxygen atoms in total. The van der Waals surface area contributed by atoms with E-state index in [2.05, 4.69) is 6.92 Å². The summed E-state index contributed by atoms with van der Waals surface area (Å²) in [5.74, 6) is 2.33. The quantitative estimate of drug-likeness (QED) is 0.635. The topological polar surface area (TPSA) is 56.6 Å². The first kappa shape index (κ1) is 19.3. The number of rotatable bonds is 6. The van der Waals surface area contributed by atoms with Crippen molar-refractivity contribution in [3.63, 3.8) is 0 Å². The summed E-state index contributed by atoms with van der Waals surface area (Å²) in [4.78, 5) is 19.8. The molecule has 6 heteroatoms. The van der Waals surface area contributed by atoms with Gasteiger partial charge in [0.05, 0.1) is 18.1 Å². The molecule has 1 aliphatic heterocycles. The fourth-order valence-corrected chi connectivity index (χ4v) is 3.95. The van der Waals surface area contributed by atoms with Crippen molar-refractivity contribution in [1.29, 1.82) is 0 Å². The van der Waals surface area contributed by atoms with Crippen LogP contribution in [-0.2, 0) is 17.9 Å². The molecular formula is C23H27N3O3. The second-order valence-corrected chi connectivity index (χ2v) is 7.50. The molecule has 1 saturated heterocycles. The lowest BCUT2D eigenvalue weighted by atomic mass is 10.0. The molecule has 1 aromatic heterocycles. The second-order valence-electron chi connectivity index (χ2n) is 7.50. The first-order valence-corrected chi connectivity index (χ1v) is 10.2. The number of carbonyl (C=O) groups excluding carboxylic acids is 1. The third-order valence-corrected chi connectivity index (χ3v) is 5.56. The maximum atomic E-state index is 13.0. The summed E-state index contributed by atoms with van der Waals surface area (Å²) in [5, 5.41) is 0. The van der Waals surface area contributed by atoms with Gasteiger partial charge in [0, 0.05) is 18.7 Å². The Balaban J connectivity index is 1.57. The molecule has 0 N–H and O–H groups in total. The molecule has 152 valence electrons. The molecule has 1 unspecified atom stereocenters. The zero-order chi connectivity index (χ0) is 20.2. The minimum atomic E-state index is 0.142. The summed E-state index contributed by atoms with van der Waals surface area (Å²) >= 11 is 0. The van der Waals surface area contributed by atoms with Gasteiger partial charge in [0.15, 0.2) is 0 Å². The number of carbonyl (C=O) groups is 1. The van der Waals surface area contributed by atoms with E-state index in [4.69, 9.17) is 14.5 Å². The molecular weight excluding hydrogens is 366 g/mol. The lowest BCUT2D eigenvalue weighted by Crippen LogP contribution is -2.43. The van der Waals surface area contributed by atoms with Crippen molar-refractivity contribution < 1.29 is 14.3 Å². The van der Waals surface area contributed by atoms with Crippen LogP contribution < -0.4 is 9.47 Å². The van der Waals surface area contributed by atoms with Crippen LogP contribution in [0.2, 0.25) is 0 Å². The molecule has 0 radical (unpaired) electrons. The zero-order valence-corrected chi connectivity index (χ0v) is 17.0. The summed E-state index contributed by atoms with van der Waals surface area (Å²) < 4.78 is 13.2. The molecule has 0 bridgehead atoms. The summed E-state index contributed by atoms with van der Waals surface area (Å²) in [6, 6.07) is 15.7. The zero-order valence-electron chi connectivity index (χ0n) is 17.0. The Morgan fingerprint density at radius 1 is 1.14 bits per heavy atom. The van der Waals surface area contributed by atoms with Crippen LogP contribution in [-0.4, -0.2) is 40.1 Å². The maximum absolute atomic E-state index is 13.0. The number of likely N-dealkylation sites (tertiary alicyclic amines) is 1. The Morgan fingerprint density at radius 3 is 2.79 bits per heavy atom. The number of piperidine rings is 1. The molecule has 2 aromatic carbocycles. The molecule has 0 saturated carbocycles. The van der Waals surface area contributed by atoms with Crippen LogP contribution in [0.5, 0.6) is 11.5 Å². The van der Waals surface area contributed by atoms with E-state index in [-0.39, 0.29) is 19.1 Å². The van der Waals surface area contributed by atoms with Crippen LogP contribution in [0.25, 0.3) is 11.0 Å². The predicted molar refractivity (Wildman–Crippen MR) is 112 cm³/mol. The summed E-state index contributed by atoms with van der Waals surface area (Å²) in [7, 11) is 1.63. The van der Waals surface area contributed by atoms with Gasteiger partial charge in [0.2, 0.25) is 5.91 Å². The van der Waals surface area contributed by atoms with Gasteiger partial charge in [-0.15, -0.1) is 0 Å². The number of benzene rings is 2. The highest BCUT2D eigenvalue weighted by Gasteiger charge is 2.24. The van der Waals surface area contributed by atoms with E-state index >= 15 is 0 Å². The van der Waals surface area contributed by atoms with E-state index in [1.807, 2.05) is 58.0 Å². The van der Waals surface area contributed by atoms with Gasteiger partial charge < -0.3 is 18.9 Å². The van der Waals surface area contributed by atoms with Gasteiger partial charge in [-0.1, -0.05) is 18.2 Å². The highest BCUT2D eigenvalue weighted by atomic mass is 16.5. The van der Waals surface area contributed by atoms with Crippen molar-refractivity contribution in [3.05, 3.63) is 54.4 Å². The Hall–Kier alpha value is -3.02. The second kappa shape index (κ2) is 8.55. The van der Waals surface area contributed by atoms with Gasteiger partial charge in [-0.05, 0) is 50.5 Å². The molecule has 2 heterocycles. The molecule has 3 aromatic rings. The van der Waals surface area contributed by atoms with Crippen LogP contribution in [0.1, 0.15) is 32.0 Å². The first-order valence-electron chi connectivity index (χ1n) is 10.2. The number of methoxy groups -OCH3 is 1. The summed E-state index contributed by atoms with van der Waals surface area (Å²) in [6.45, 7) is 3.53. The number of hydrogen-bond acceptors (Lipinski definition) is 4. The molecule has 1 fully saturated rings. The average Bonchev–Trinajstić information content (AvgIpc) is 3.10. The summed E-state index contributed by atoms with van der Waals surface area (Å²) in [6.07, 6.45) is 3.34. The lowest BCUT2D eigenvalue weighted by molar-refractivity contribution is -0.135. The Labute approximate surface area is 171 Å². The van der Waals surface area contributed by atoms with Crippen LogP contribution in [0, 0.1) is 0 Å². The van der Waals surface area contributed by atoms with Gasteiger partial charge in [-0.3, -0.25) is 4.79 Å². The average molecular weight is 393 g/mol. The number of amides is 1. The predicted octanol–water partition coefficient (Wildman–Crippen LogP) is 4.02. The van der Waals surface area contributed by atoms with Crippen LogP contribution in [0.3, 0.4) is 0 Å². The molecule has 1 aliphatic rings. The molecule has 0 spiro atoms. The first-order chi connectivity index (χ1) is 14.2. The maximum Gasteiger partial charge on any atom is 0.242 e. The number of aromatic nitrogens is 2. The van der Waals surface area contributed by atoms with Crippen LogP contribution in [0.4, 0.5) is 0 Å². The third kappa shape index (κ3) is 4.21. The van der Waals surface area contributed by atoms with E-state index in [1.165, 1.54) is 6.42 Å². The number of hydrogen-bond donors (Lipinski definition) is 0. The standard InChI is InChI=1S/C23H27N3O3/c1-17-8-5-6-13-25(17)23(27)15-26-21-12-4-3-11-20(21)24-22(26)16-29-19-10-7-9-18(14-19)28-2/h3-4,7,9-12,14,17H,5-6,8,13,15-16H2,1-2H3. The normalized spacial score (nSPS) is 16.8. The number of fused-ring (bicyclic) bond motifs is 1. The number of nitrogens with zero attached hydrogens (tertiary/aromatic N) is 3. The van der Waals surface area contributed by atoms with Crippen LogP contribution >= 0.6 is 0 Å². The van der Waals surface area contributed by atoms with Crippen molar-refractivity contribution in [3.8, 4) is 11.5 Å². The van der Waals surface area contributed by atoms with E-state index in [0.717, 1.165) is 42.0 Å². The van der Waals surface area contributed by atoms with Gasteiger partial charge in [0.1, 0.15) is 30.5 Å². The van der Waals surface area contributed by atoms with Crippen molar-refractivity contribution in [2.24, 2.45) is 0 Å². The number of imidazole rings is 1. The van der Waals surface area contributed by atoms with E-state index in [9.17, 15) is 4.79 Å². The van der Waals surface area contributed by atoms with Gasteiger partial charge in [-0.25, -0.2) is 4.98 Å². The van der Waals surface area contributed by atoms with Gasteiger partial charge in [0.25, 0.3) is 0 Å². The Bertz CT molecular complexity index is 998. The highest BCUT2D eigenvalue weighted by molar-refractivity contribution is 5.81. The largest absolute Gasteiger partial charge is 0.497 e. The molecule has 29 heavy (non-hydrogen) atoms. The minimum Gasteiger partial charge on any atom is -0.497 e. The van der Waals surface area contributed by atoms with Crippen molar-refractivity contribution in [2.75, 3.05) is 13.7 Å². The van der Waals surface area contributed by atoms with Crippen LogP contribution in [0.15, 0.2) is 48.5 Å². The number of ether oxygens (including phenoxy) is 2. The monoisotopic (exact) mass is 393 g/mol. The third-order valence-electron chi connectivity index (χ3n) is 5.56. The Morgan fingerprint density at radius 2 is 1.97 bits per heavy atom. The molecule has 1 atom stereocenters. The van der Waals surface area contributed by atoms with Crippen molar-refractivity contribution in [2.45, 2.75) is 45.4 Å². The molecule has 4 rings (SSSR count). The van der Waals surface area contributed by atoms with E-state index in [1.54, 1.807) is 7.11 Å². The van der Waals surface area contributed by atoms with Crippen molar-refractivity contribution >= 4 is 16.9 Å². The lowest BCUT2D eigenvalue weighted by Gasteiger charge is -2.33. The SMILES string of the molecule is COc1cccc(OCc2nc3ccccc3n2CC(=O)N2CCCCC2C)c1. The van der Waals surface area contributed by atoms with Crippen molar-refractivity contribution in [1.82, 2.24) is 14.5 Å². The van der Waals surface area contributed by atoms with Gasteiger partial charge in [-0.2, -0.15) is 0 Å². The van der Waals surface area contributed by atoms with E-state index in [0.29, 0.717) is 11.8 Å². The summed E-state index contributed by atoms with van der Waals surface area (Å²) in [5.41, 5.74) is 1.82. The Kier molecular flexibility index (Phi) is 5.69. The van der Waals surface area contributed by atoms with E-state index < -0.39 is 0 Å². The fraction of sp³-hybridized carbons (Fsp3) is 0.391. The highest BCUT2D eigenvalue weighted by Crippen LogP contribution is 2.23. The van der Waals surface area contributed by atoms with Gasteiger partial charge >= 0.3 is 0 Å². The number of para-hydroxylation sites is 2.